The lowest BCUT2D eigenvalue weighted by Crippen LogP contribution is -3.00. The van der Waals surface area contributed by atoms with Crippen molar-refractivity contribution in [3.63, 3.8) is 0 Å². The van der Waals surface area contributed by atoms with E-state index in [9.17, 15) is 4.79 Å². The molecule has 19 heavy (non-hydrogen) atoms. The number of carbonyl (C=O) groups excluding carboxylic acids is 1. The molecule has 0 bridgehead atoms. The molecule has 0 spiro atoms. The molecule has 0 unspecified atom stereocenters. The molecular weight excluding hydrogens is 470 g/mol. The summed E-state index contributed by atoms with van der Waals surface area (Å²) in [6.45, 7) is 8.68. The summed E-state index contributed by atoms with van der Waals surface area (Å²) in [6, 6.07) is 0. The molecule has 0 aliphatic rings. The van der Waals surface area contributed by atoms with Crippen molar-refractivity contribution in [1.82, 2.24) is 0 Å². The van der Waals surface area contributed by atoms with E-state index in [0.717, 1.165) is 35.1 Å². The van der Waals surface area contributed by atoms with Crippen molar-refractivity contribution in [2.24, 2.45) is 0 Å². The van der Waals surface area contributed by atoms with Crippen LogP contribution in [0.3, 0.4) is 0 Å². The number of hydrogen-bond acceptors (Lipinski definition) is 2. The van der Waals surface area contributed by atoms with Crippen LogP contribution in [0.15, 0.2) is 0 Å². The summed E-state index contributed by atoms with van der Waals surface area (Å²) >= 11 is 0. The lowest BCUT2D eigenvalue weighted by atomic mass is 10.3. The van der Waals surface area contributed by atoms with Gasteiger partial charge in [0, 0.05) is 0 Å². The van der Waals surface area contributed by atoms with Crippen molar-refractivity contribution >= 4 is 5.97 Å². The van der Waals surface area contributed by atoms with Crippen LogP contribution in [0.1, 0.15) is 20.3 Å². The van der Waals surface area contributed by atoms with Gasteiger partial charge in [-0.25, -0.2) is 0 Å². The molecule has 4 nitrogen and oxygen atoms in total. The largest absolute Gasteiger partial charge is 1.00 e. The average molecular weight is 500 g/mol. The maximum absolute atomic E-state index is 11.6. The third-order valence-corrected chi connectivity index (χ3v) is 3.41. The van der Waals surface area contributed by atoms with Crippen molar-refractivity contribution < 1.29 is 66.5 Å². The molecule has 0 aliphatic carbocycles. The first-order chi connectivity index (χ1) is 7.72. The molecule has 0 amide bonds. The highest BCUT2D eigenvalue weighted by atomic mass is 127. The van der Waals surface area contributed by atoms with E-state index < -0.39 is 0 Å². The van der Waals surface area contributed by atoms with Gasteiger partial charge in [0.2, 0.25) is 0 Å². The molecule has 0 aromatic heterocycles. The Hall–Kier alpha value is 0.850. The van der Waals surface area contributed by atoms with Crippen LogP contribution < -0.4 is 48.0 Å². The van der Waals surface area contributed by atoms with E-state index in [-0.39, 0.29) is 53.9 Å². The molecule has 0 saturated carbocycles. The Balaban J connectivity index is -0.00000128. The zero-order chi connectivity index (χ0) is 13.5. The van der Waals surface area contributed by atoms with Gasteiger partial charge in [0.1, 0.15) is 13.2 Å². The molecule has 0 radical (unpaired) electrons. The number of nitrogens with zero attached hydrogens (tertiary/aromatic N) is 2. The zero-order valence-electron chi connectivity index (χ0n) is 13.2. The lowest BCUT2D eigenvalue weighted by Gasteiger charge is -2.31. The number of ether oxygens (including phenoxy) is 1. The predicted octanol–water partition coefficient (Wildman–Crippen LogP) is -4.88. The Bertz CT molecular complexity index is 239. The second-order valence-corrected chi connectivity index (χ2v) is 5.96. The van der Waals surface area contributed by atoms with Crippen molar-refractivity contribution in [1.29, 1.82) is 0 Å². The van der Waals surface area contributed by atoms with Gasteiger partial charge in [-0.05, 0) is 13.8 Å². The highest BCUT2D eigenvalue weighted by Gasteiger charge is 2.19. The minimum Gasteiger partial charge on any atom is -1.00 e. The summed E-state index contributed by atoms with van der Waals surface area (Å²) < 4.78 is 7.00. The van der Waals surface area contributed by atoms with E-state index in [1.54, 1.807) is 0 Å². The van der Waals surface area contributed by atoms with Crippen molar-refractivity contribution in [3.8, 4) is 0 Å². The molecular formula is C13H30I2N2O2. The zero-order valence-corrected chi connectivity index (χ0v) is 17.5. The second-order valence-electron chi connectivity index (χ2n) is 5.96. The number of quaternary nitrogens is 2. The maximum atomic E-state index is 11.6. The van der Waals surface area contributed by atoms with Gasteiger partial charge in [-0.15, -0.1) is 0 Å². The van der Waals surface area contributed by atoms with Crippen LogP contribution in [-0.2, 0) is 9.53 Å². The first kappa shape index (κ1) is 24.8. The summed E-state index contributed by atoms with van der Waals surface area (Å²) in [6.07, 6.45) is 0.523. The van der Waals surface area contributed by atoms with Crippen LogP contribution in [-0.4, -0.2) is 75.9 Å². The fourth-order valence-corrected chi connectivity index (χ4v) is 1.41. The van der Waals surface area contributed by atoms with Crippen molar-refractivity contribution in [2.45, 2.75) is 20.3 Å². The molecule has 0 N–H and O–H groups in total. The summed E-state index contributed by atoms with van der Waals surface area (Å²) in [4.78, 5) is 11.6. The lowest BCUT2D eigenvalue weighted by molar-refractivity contribution is -0.905. The summed E-state index contributed by atoms with van der Waals surface area (Å²) in [5.74, 6) is -0.0651. The molecule has 118 valence electrons. The molecule has 0 atom stereocenters. The van der Waals surface area contributed by atoms with Crippen LogP contribution in [0.4, 0.5) is 0 Å². The molecule has 0 aromatic rings. The number of esters is 1. The quantitative estimate of drug-likeness (QED) is 0.190. The average Bonchev–Trinajstić information content (AvgIpc) is 2.24. The molecule has 0 rings (SSSR count). The van der Waals surface area contributed by atoms with Crippen LogP contribution in [0.5, 0.6) is 0 Å². The highest BCUT2D eigenvalue weighted by Crippen LogP contribution is 2.03. The number of carbonyl (C=O) groups is 1. The Labute approximate surface area is 153 Å². The summed E-state index contributed by atoms with van der Waals surface area (Å²) in [5, 5.41) is 0. The smallest absolute Gasteiger partial charge is 0.311 e. The monoisotopic (exact) mass is 500 g/mol. The molecule has 6 heteroatoms. The predicted molar refractivity (Wildman–Crippen MR) is 70.6 cm³/mol. The van der Waals surface area contributed by atoms with Gasteiger partial charge in [-0.3, -0.25) is 4.79 Å². The molecule has 0 aliphatic heterocycles. The van der Waals surface area contributed by atoms with E-state index in [0.29, 0.717) is 13.0 Å². The molecule has 0 fully saturated rings. The fraction of sp³-hybridized carbons (Fsp3) is 0.923. The van der Waals surface area contributed by atoms with E-state index in [2.05, 4.69) is 42.0 Å². The Morgan fingerprint density at radius 2 is 1.42 bits per heavy atom. The standard InChI is InChI=1S/C13H30N2O2.2HI/c1-7-15(6,8-2)10-9-13(16)17-12-11-14(3,4)5;;/h7-12H2,1-6H3;2*1H/q+2;;/p-2. The van der Waals surface area contributed by atoms with Crippen molar-refractivity contribution in [2.75, 3.05) is 61.0 Å². The number of hydrogen-bond donors (Lipinski definition) is 0. The third-order valence-electron chi connectivity index (χ3n) is 3.41. The summed E-state index contributed by atoms with van der Waals surface area (Å²) in [7, 11) is 8.46. The molecule has 0 heterocycles. The topological polar surface area (TPSA) is 26.3 Å². The number of rotatable bonds is 8. The molecule has 0 saturated heterocycles. The van der Waals surface area contributed by atoms with Crippen LogP contribution >= 0.6 is 0 Å². The van der Waals surface area contributed by atoms with E-state index in [1.807, 2.05) is 0 Å². The van der Waals surface area contributed by atoms with E-state index >= 15 is 0 Å². The minimum absolute atomic E-state index is 0. The van der Waals surface area contributed by atoms with Gasteiger partial charge >= 0.3 is 5.97 Å². The number of halogens is 2. The number of likely N-dealkylation sites (N-methyl/N-ethyl adjacent to an activating group) is 1. The van der Waals surface area contributed by atoms with Crippen LogP contribution in [0.2, 0.25) is 0 Å². The second kappa shape index (κ2) is 11.5. The molecule has 0 aromatic carbocycles. The van der Waals surface area contributed by atoms with E-state index in [4.69, 9.17) is 4.74 Å². The first-order valence-electron chi connectivity index (χ1n) is 6.52. The first-order valence-corrected chi connectivity index (χ1v) is 6.52. The SMILES string of the molecule is CC[N+](C)(CC)CCC(=O)OCC[N+](C)(C)C.[I-].[I-]. The Morgan fingerprint density at radius 1 is 0.947 bits per heavy atom. The highest BCUT2D eigenvalue weighted by molar-refractivity contribution is 5.69. The normalized spacial score (nSPS) is 11.3. The van der Waals surface area contributed by atoms with Gasteiger partial charge in [-0.2, -0.15) is 0 Å². The third kappa shape index (κ3) is 13.6. The summed E-state index contributed by atoms with van der Waals surface area (Å²) in [5.41, 5.74) is 0. The van der Waals surface area contributed by atoms with Gasteiger partial charge in [0.25, 0.3) is 0 Å². The minimum atomic E-state index is -0.0651. The van der Waals surface area contributed by atoms with Gasteiger partial charge in [-0.1, -0.05) is 0 Å². The van der Waals surface area contributed by atoms with Crippen LogP contribution in [0.25, 0.3) is 0 Å². The van der Waals surface area contributed by atoms with Crippen LogP contribution in [0, 0.1) is 0 Å². The van der Waals surface area contributed by atoms with E-state index in [1.165, 1.54) is 0 Å². The van der Waals surface area contributed by atoms with Gasteiger partial charge in [0.05, 0.1) is 54.2 Å². The fourth-order valence-electron chi connectivity index (χ4n) is 1.41. The van der Waals surface area contributed by atoms with Crippen molar-refractivity contribution in [3.05, 3.63) is 0 Å². The Morgan fingerprint density at radius 3 is 1.79 bits per heavy atom. The Kier molecular flexibility index (Phi) is 15.0. The maximum Gasteiger partial charge on any atom is 0.311 e. The van der Waals surface area contributed by atoms with Gasteiger partial charge < -0.3 is 61.7 Å². The van der Waals surface area contributed by atoms with Gasteiger partial charge in [0.15, 0.2) is 0 Å².